The van der Waals surface area contributed by atoms with E-state index in [2.05, 4.69) is 48.4 Å². The molecular formula is C16H24ClNO2S. The minimum absolute atomic E-state index is 0. The molecule has 21 heavy (non-hydrogen) atoms. The maximum absolute atomic E-state index is 9.95. The molecule has 118 valence electrons. The molecule has 2 rings (SSSR count). The van der Waals surface area contributed by atoms with Crippen LogP contribution in [0.5, 0.6) is 0 Å². The largest absolute Gasteiger partial charge is 0.368 e. The Hall–Kier alpha value is -0.650. The average molecular weight is 330 g/mol. The molecule has 1 aromatic carbocycles. The molecule has 1 atom stereocenters. The van der Waals surface area contributed by atoms with Crippen molar-refractivity contribution in [3.63, 3.8) is 0 Å². The predicted octanol–water partition coefficient (Wildman–Crippen LogP) is 3.54. The maximum Gasteiger partial charge on any atom is 0.158 e. The molecule has 0 amide bonds. The Morgan fingerprint density at radius 2 is 2.00 bits per heavy atom. The highest BCUT2D eigenvalue weighted by atomic mass is 35.5. The summed E-state index contributed by atoms with van der Waals surface area (Å²) in [7, 11) is 0. The van der Waals surface area contributed by atoms with Crippen LogP contribution in [-0.4, -0.2) is 42.5 Å². The molecule has 1 N–H and O–H groups in total. The molecule has 0 spiro atoms. The number of aliphatic hydroxyl groups excluding tert-OH is 1. The minimum Gasteiger partial charge on any atom is -0.368 e. The summed E-state index contributed by atoms with van der Waals surface area (Å²) < 4.78 is 6.77. The Kier molecular flexibility index (Phi) is 8.22. The van der Waals surface area contributed by atoms with E-state index in [1.54, 1.807) is 11.3 Å². The number of likely N-dealkylation sites (N-methyl/N-ethyl adjacent to an activating group) is 1. The number of ether oxygens (including phenoxy) is 1. The van der Waals surface area contributed by atoms with Crippen LogP contribution in [0.1, 0.15) is 19.4 Å². The highest BCUT2D eigenvalue weighted by Crippen LogP contribution is 2.22. The number of thiophene rings is 1. The Bertz CT molecular complexity index is 528. The van der Waals surface area contributed by atoms with E-state index in [1.165, 1.54) is 10.1 Å². The standard InChI is InChI=1S/C16H23NO2S.ClH/c1-3-17(4-2)8-9-19-16(18)12-13-5-6-15-14(11-13)7-10-20-15;/h5-7,10-11,16,18H,3-4,8-9,12H2,1-2H3;1H. The number of aliphatic hydroxyl groups is 1. The van der Waals surface area contributed by atoms with Gasteiger partial charge in [-0.25, -0.2) is 0 Å². The molecule has 0 aliphatic heterocycles. The quantitative estimate of drug-likeness (QED) is 0.752. The van der Waals surface area contributed by atoms with Crippen molar-refractivity contribution >= 4 is 33.8 Å². The van der Waals surface area contributed by atoms with Gasteiger partial charge in [0.2, 0.25) is 0 Å². The second-order valence-corrected chi connectivity index (χ2v) is 5.80. The maximum atomic E-state index is 9.95. The zero-order valence-electron chi connectivity index (χ0n) is 12.6. The molecule has 3 nitrogen and oxygen atoms in total. The van der Waals surface area contributed by atoms with Gasteiger partial charge in [-0.2, -0.15) is 0 Å². The first-order valence-corrected chi connectivity index (χ1v) is 8.09. The lowest BCUT2D eigenvalue weighted by molar-refractivity contribution is -0.101. The molecule has 0 aliphatic rings. The molecule has 0 radical (unpaired) electrons. The van der Waals surface area contributed by atoms with Crippen molar-refractivity contribution in [3.05, 3.63) is 35.2 Å². The van der Waals surface area contributed by atoms with Crippen LogP contribution in [0.15, 0.2) is 29.6 Å². The molecule has 1 heterocycles. The molecule has 2 aromatic rings. The van der Waals surface area contributed by atoms with Crippen LogP contribution in [0, 0.1) is 0 Å². The number of halogens is 1. The topological polar surface area (TPSA) is 32.7 Å². The van der Waals surface area contributed by atoms with E-state index in [0.29, 0.717) is 13.0 Å². The first kappa shape index (κ1) is 18.4. The lowest BCUT2D eigenvalue weighted by atomic mass is 10.1. The van der Waals surface area contributed by atoms with Crippen molar-refractivity contribution in [1.82, 2.24) is 4.90 Å². The van der Waals surface area contributed by atoms with Crippen LogP contribution in [0.3, 0.4) is 0 Å². The van der Waals surface area contributed by atoms with Crippen LogP contribution in [-0.2, 0) is 11.2 Å². The first-order valence-electron chi connectivity index (χ1n) is 7.21. The SMILES string of the molecule is CCN(CC)CCOC(O)Cc1ccc2sccc2c1.Cl. The van der Waals surface area contributed by atoms with Gasteiger partial charge < -0.3 is 14.7 Å². The third-order valence-corrected chi connectivity index (χ3v) is 4.44. The van der Waals surface area contributed by atoms with Gasteiger partial charge in [0.15, 0.2) is 6.29 Å². The number of rotatable bonds is 8. The summed E-state index contributed by atoms with van der Waals surface area (Å²) in [6.07, 6.45) is -0.175. The van der Waals surface area contributed by atoms with Crippen molar-refractivity contribution in [3.8, 4) is 0 Å². The number of nitrogens with zero attached hydrogens (tertiary/aromatic N) is 1. The van der Waals surface area contributed by atoms with Gasteiger partial charge in [-0.3, -0.25) is 0 Å². The van der Waals surface area contributed by atoms with Gasteiger partial charge in [0.05, 0.1) is 6.61 Å². The zero-order chi connectivity index (χ0) is 14.4. The summed E-state index contributed by atoms with van der Waals surface area (Å²) in [5, 5.41) is 13.3. The van der Waals surface area contributed by atoms with E-state index < -0.39 is 6.29 Å². The van der Waals surface area contributed by atoms with Crippen molar-refractivity contribution in [2.45, 2.75) is 26.6 Å². The Labute approximate surface area is 136 Å². The van der Waals surface area contributed by atoms with Crippen molar-refractivity contribution < 1.29 is 9.84 Å². The molecular weight excluding hydrogens is 306 g/mol. The lowest BCUT2D eigenvalue weighted by Crippen LogP contribution is -2.29. The minimum atomic E-state index is -0.721. The fourth-order valence-corrected chi connectivity index (χ4v) is 3.03. The normalized spacial score (nSPS) is 12.6. The zero-order valence-corrected chi connectivity index (χ0v) is 14.3. The van der Waals surface area contributed by atoms with Gasteiger partial charge in [0, 0.05) is 17.7 Å². The van der Waals surface area contributed by atoms with E-state index >= 15 is 0 Å². The molecule has 1 unspecified atom stereocenters. The van der Waals surface area contributed by atoms with Gasteiger partial charge in [-0.15, -0.1) is 23.7 Å². The smallest absolute Gasteiger partial charge is 0.158 e. The van der Waals surface area contributed by atoms with E-state index in [0.717, 1.165) is 25.2 Å². The molecule has 0 saturated carbocycles. The van der Waals surface area contributed by atoms with Gasteiger partial charge in [-0.1, -0.05) is 26.0 Å². The average Bonchev–Trinajstić information content (AvgIpc) is 2.91. The summed E-state index contributed by atoms with van der Waals surface area (Å²) in [6.45, 7) is 7.75. The summed E-state index contributed by atoms with van der Waals surface area (Å²) >= 11 is 1.74. The van der Waals surface area contributed by atoms with Gasteiger partial charge in [0.25, 0.3) is 0 Å². The highest BCUT2D eigenvalue weighted by Gasteiger charge is 2.08. The number of benzene rings is 1. The van der Waals surface area contributed by atoms with Gasteiger partial charge in [0.1, 0.15) is 0 Å². The fourth-order valence-electron chi connectivity index (χ4n) is 2.26. The van der Waals surface area contributed by atoms with Crippen molar-refractivity contribution in [1.29, 1.82) is 0 Å². The monoisotopic (exact) mass is 329 g/mol. The summed E-state index contributed by atoms with van der Waals surface area (Å²) in [4.78, 5) is 2.28. The molecule has 0 saturated heterocycles. The van der Waals surface area contributed by atoms with Crippen LogP contribution >= 0.6 is 23.7 Å². The Morgan fingerprint density at radius 3 is 2.71 bits per heavy atom. The third-order valence-electron chi connectivity index (χ3n) is 3.54. The molecule has 0 bridgehead atoms. The molecule has 0 aliphatic carbocycles. The van der Waals surface area contributed by atoms with Crippen molar-refractivity contribution in [2.75, 3.05) is 26.2 Å². The van der Waals surface area contributed by atoms with Gasteiger partial charge in [-0.05, 0) is 41.6 Å². The third kappa shape index (κ3) is 5.57. The van der Waals surface area contributed by atoms with Crippen LogP contribution in [0.25, 0.3) is 10.1 Å². The number of hydrogen-bond donors (Lipinski definition) is 1. The van der Waals surface area contributed by atoms with E-state index in [9.17, 15) is 5.11 Å². The van der Waals surface area contributed by atoms with Gasteiger partial charge >= 0.3 is 0 Å². The second-order valence-electron chi connectivity index (χ2n) is 4.85. The summed E-state index contributed by atoms with van der Waals surface area (Å²) in [5.74, 6) is 0. The molecule has 5 heteroatoms. The summed E-state index contributed by atoms with van der Waals surface area (Å²) in [5.41, 5.74) is 1.12. The highest BCUT2D eigenvalue weighted by molar-refractivity contribution is 7.17. The van der Waals surface area contributed by atoms with Crippen LogP contribution < -0.4 is 0 Å². The van der Waals surface area contributed by atoms with E-state index in [4.69, 9.17) is 4.74 Å². The summed E-state index contributed by atoms with van der Waals surface area (Å²) in [6, 6.07) is 8.41. The van der Waals surface area contributed by atoms with Crippen LogP contribution in [0.4, 0.5) is 0 Å². The first-order chi connectivity index (χ1) is 9.72. The number of hydrogen-bond acceptors (Lipinski definition) is 4. The number of fused-ring (bicyclic) bond motifs is 1. The molecule has 0 fully saturated rings. The Balaban J connectivity index is 0.00000220. The van der Waals surface area contributed by atoms with Crippen LogP contribution in [0.2, 0.25) is 0 Å². The van der Waals surface area contributed by atoms with Crippen molar-refractivity contribution in [2.24, 2.45) is 0 Å². The van der Waals surface area contributed by atoms with E-state index in [-0.39, 0.29) is 12.4 Å². The molecule has 1 aromatic heterocycles. The van der Waals surface area contributed by atoms with E-state index in [1.807, 2.05) is 0 Å². The lowest BCUT2D eigenvalue weighted by Gasteiger charge is -2.19. The predicted molar refractivity (Wildman–Crippen MR) is 92.5 cm³/mol. The second kappa shape index (κ2) is 9.38. The fraction of sp³-hybridized carbons (Fsp3) is 0.500. The Morgan fingerprint density at radius 1 is 1.24 bits per heavy atom.